The van der Waals surface area contributed by atoms with Crippen LogP contribution >= 0.6 is 11.8 Å². The van der Waals surface area contributed by atoms with E-state index in [0.29, 0.717) is 29.0 Å². The first-order valence-corrected chi connectivity index (χ1v) is 11.3. The van der Waals surface area contributed by atoms with Crippen LogP contribution < -0.4 is 11.1 Å². The van der Waals surface area contributed by atoms with Crippen LogP contribution in [0.3, 0.4) is 0 Å². The third-order valence-corrected chi connectivity index (χ3v) is 5.28. The molecule has 1 heterocycles. The lowest BCUT2D eigenvalue weighted by molar-refractivity contribution is -0.139. The minimum Gasteiger partial charge on any atom is -0.388 e. The van der Waals surface area contributed by atoms with E-state index in [2.05, 4.69) is 10.3 Å². The number of pyridine rings is 1. The number of anilines is 1. The van der Waals surface area contributed by atoms with Gasteiger partial charge in [0.15, 0.2) is 0 Å². The van der Waals surface area contributed by atoms with Crippen molar-refractivity contribution in [3.8, 4) is 11.1 Å². The van der Waals surface area contributed by atoms with E-state index >= 15 is 0 Å². The summed E-state index contributed by atoms with van der Waals surface area (Å²) in [6.45, 7) is 0. The lowest BCUT2D eigenvalue weighted by Gasteiger charge is -2.14. The fourth-order valence-electron chi connectivity index (χ4n) is 2.94. The predicted octanol–water partition coefficient (Wildman–Crippen LogP) is 3.76. The molecule has 0 aliphatic carbocycles. The van der Waals surface area contributed by atoms with Gasteiger partial charge < -0.3 is 15.8 Å². The van der Waals surface area contributed by atoms with Crippen molar-refractivity contribution in [2.75, 3.05) is 17.3 Å². The summed E-state index contributed by atoms with van der Waals surface area (Å²) in [5.74, 6) is -1.21. The molecule has 1 amide bonds. The SMILES string of the molecule is CSCC[C@H](N)C(=O)OC(=O)c1ccc(NC(=O)c2cccnc2)cc1-c1ccccc1. The summed E-state index contributed by atoms with van der Waals surface area (Å²) >= 11 is 1.56. The maximum atomic E-state index is 12.8. The summed E-state index contributed by atoms with van der Waals surface area (Å²) in [6, 6.07) is 16.4. The number of thioether (sulfide) groups is 1. The van der Waals surface area contributed by atoms with Gasteiger partial charge in [-0.3, -0.25) is 9.78 Å². The summed E-state index contributed by atoms with van der Waals surface area (Å²) in [7, 11) is 0. The van der Waals surface area contributed by atoms with Gasteiger partial charge in [-0.15, -0.1) is 0 Å². The Morgan fingerprint density at radius 3 is 2.56 bits per heavy atom. The third-order valence-electron chi connectivity index (χ3n) is 4.63. The Kier molecular flexibility index (Phi) is 8.13. The number of esters is 2. The Hall–Kier alpha value is -3.49. The van der Waals surface area contributed by atoms with Crippen LogP contribution in [0, 0.1) is 0 Å². The number of ether oxygens (including phenoxy) is 1. The lowest BCUT2D eigenvalue weighted by Crippen LogP contribution is -2.34. The van der Waals surface area contributed by atoms with Crippen LogP contribution in [0.1, 0.15) is 27.1 Å². The van der Waals surface area contributed by atoms with Gasteiger partial charge in [-0.2, -0.15) is 11.8 Å². The zero-order chi connectivity index (χ0) is 22.9. The van der Waals surface area contributed by atoms with Gasteiger partial charge in [0.05, 0.1) is 11.1 Å². The van der Waals surface area contributed by atoms with E-state index in [1.54, 1.807) is 42.2 Å². The molecule has 0 radical (unpaired) electrons. The van der Waals surface area contributed by atoms with E-state index in [9.17, 15) is 14.4 Å². The molecule has 0 aliphatic heterocycles. The number of carbonyl (C=O) groups excluding carboxylic acids is 3. The number of nitrogens with two attached hydrogens (primary N) is 1. The zero-order valence-corrected chi connectivity index (χ0v) is 18.3. The number of benzene rings is 2. The molecule has 7 nitrogen and oxygen atoms in total. The standard InChI is InChI=1S/C24H23N3O4S/c1-32-13-11-21(25)24(30)31-23(29)19-10-9-18(14-20(19)16-6-3-2-4-7-16)27-22(28)17-8-5-12-26-15-17/h2-10,12,14-15,21H,11,13,25H2,1H3,(H,27,28)/t21-/m0/s1. The van der Waals surface area contributed by atoms with Crippen molar-refractivity contribution in [3.63, 3.8) is 0 Å². The molecule has 164 valence electrons. The van der Waals surface area contributed by atoms with Gasteiger partial charge in [-0.25, -0.2) is 9.59 Å². The number of carbonyl (C=O) groups is 3. The first-order chi connectivity index (χ1) is 15.5. The summed E-state index contributed by atoms with van der Waals surface area (Å²) in [6.07, 6.45) is 5.37. The number of aromatic nitrogens is 1. The normalized spacial score (nSPS) is 11.4. The zero-order valence-electron chi connectivity index (χ0n) is 17.5. The van der Waals surface area contributed by atoms with E-state index in [1.165, 1.54) is 12.3 Å². The van der Waals surface area contributed by atoms with Crippen molar-refractivity contribution in [3.05, 3.63) is 84.2 Å². The molecule has 2 aromatic carbocycles. The number of nitrogens with one attached hydrogen (secondary N) is 1. The molecule has 8 heteroatoms. The van der Waals surface area contributed by atoms with Crippen molar-refractivity contribution < 1.29 is 19.1 Å². The highest BCUT2D eigenvalue weighted by Gasteiger charge is 2.22. The highest BCUT2D eigenvalue weighted by Crippen LogP contribution is 2.28. The van der Waals surface area contributed by atoms with Gasteiger partial charge in [-0.05, 0) is 59.9 Å². The largest absolute Gasteiger partial charge is 0.388 e. The topological polar surface area (TPSA) is 111 Å². The van der Waals surface area contributed by atoms with Crippen LogP contribution in [0.15, 0.2) is 73.1 Å². The Balaban J connectivity index is 1.86. The molecule has 1 aromatic heterocycles. The number of hydrogen-bond acceptors (Lipinski definition) is 7. The highest BCUT2D eigenvalue weighted by molar-refractivity contribution is 7.98. The van der Waals surface area contributed by atoms with Crippen LogP contribution in [0.4, 0.5) is 5.69 Å². The Labute approximate surface area is 190 Å². The fraction of sp³-hybridized carbons (Fsp3) is 0.167. The van der Waals surface area contributed by atoms with E-state index < -0.39 is 18.0 Å². The van der Waals surface area contributed by atoms with Gasteiger partial charge >= 0.3 is 11.9 Å². The molecule has 0 saturated heterocycles. The van der Waals surface area contributed by atoms with Crippen molar-refractivity contribution in [2.45, 2.75) is 12.5 Å². The molecule has 0 fully saturated rings. The molecule has 0 bridgehead atoms. The van der Waals surface area contributed by atoms with Gasteiger partial charge in [0.1, 0.15) is 6.04 Å². The van der Waals surface area contributed by atoms with Crippen LogP contribution in [0.25, 0.3) is 11.1 Å². The Morgan fingerprint density at radius 1 is 1.09 bits per heavy atom. The van der Waals surface area contributed by atoms with Gasteiger partial charge in [0.2, 0.25) is 0 Å². The van der Waals surface area contributed by atoms with Crippen molar-refractivity contribution >= 4 is 35.3 Å². The monoisotopic (exact) mass is 449 g/mol. The van der Waals surface area contributed by atoms with E-state index in [4.69, 9.17) is 10.5 Å². The van der Waals surface area contributed by atoms with E-state index in [-0.39, 0.29) is 11.5 Å². The Bertz CT molecular complexity index is 1090. The molecule has 3 aromatic rings. The second kappa shape index (κ2) is 11.2. The molecule has 3 rings (SSSR count). The van der Waals surface area contributed by atoms with Crippen LogP contribution in [0.5, 0.6) is 0 Å². The lowest BCUT2D eigenvalue weighted by atomic mass is 9.99. The molecule has 0 saturated carbocycles. The predicted molar refractivity (Wildman–Crippen MR) is 125 cm³/mol. The van der Waals surface area contributed by atoms with Crippen LogP contribution in [0.2, 0.25) is 0 Å². The number of rotatable bonds is 8. The Morgan fingerprint density at radius 2 is 1.88 bits per heavy atom. The first-order valence-electron chi connectivity index (χ1n) is 9.91. The van der Waals surface area contributed by atoms with E-state index in [0.717, 1.165) is 5.56 Å². The van der Waals surface area contributed by atoms with Gasteiger partial charge in [-0.1, -0.05) is 30.3 Å². The van der Waals surface area contributed by atoms with Crippen molar-refractivity contribution in [2.24, 2.45) is 5.73 Å². The minimum atomic E-state index is -0.871. The third kappa shape index (κ3) is 6.03. The van der Waals surface area contributed by atoms with Crippen LogP contribution in [-0.2, 0) is 9.53 Å². The summed E-state index contributed by atoms with van der Waals surface area (Å²) in [4.78, 5) is 41.4. The summed E-state index contributed by atoms with van der Waals surface area (Å²) in [5, 5.41) is 2.80. The molecule has 0 spiro atoms. The number of amides is 1. The molecule has 32 heavy (non-hydrogen) atoms. The molecular weight excluding hydrogens is 426 g/mol. The highest BCUT2D eigenvalue weighted by atomic mass is 32.2. The molecule has 0 unspecified atom stereocenters. The quantitative estimate of drug-likeness (QED) is 0.398. The molecule has 3 N–H and O–H groups in total. The van der Waals surface area contributed by atoms with Crippen molar-refractivity contribution in [1.29, 1.82) is 0 Å². The second-order valence-electron chi connectivity index (χ2n) is 6.92. The molecule has 1 atom stereocenters. The van der Waals surface area contributed by atoms with E-state index in [1.807, 2.05) is 36.6 Å². The molecular formula is C24H23N3O4S. The molecule has 0 aliphatic rings. The summed E-state index contributed by atoms with van der Waals surface area (Å²) in [5.41, 5.74) is 8.16. The average Bonchev–Trinajstić information content (AvgIpc) is 2.83. The fourth-order valence-corrected chi connectivity index (χ4v) is 3.43. The van der Waals surface area contributed by atoms with Gasteiger partial charge in [0, 0.05) is 18.1 Å². The number of hydrogen-bond donors (Lipinski definition) is 2. The maximum Gasteiger partial charge on any atom is 0.346 e. The average molecular weight is 450 g/mol. The van der Waals surface area contributed by atoms with Crippen LogP contribution in [-0.4, -0.2) is 40.9 Å². The maximum absolute atomic E-state index is 12.8. The van der Waals surface area contributed by atoms with Gasteiger partial charge in [0.25, 0.3) is 5.91 Å². The minimum absolute atomic E-state index is 0.195. The smallest absolute Gasteiger partial charge is 0.346 e. The van der Waals surface area contributed by atoms with Crippen molar-refractivity contribution in [1.82, 2.24) is 4.98 Å². The first kappa shape index (κ1) is 23.2. The second-order valence-corrected chi connectivity index (χ2v) is 7.90. The summed E-state index contributed by atoms with van der Waals surface area (Å²) < 4.78 is 5.04. The number of nitrogens with zero attached hydrogens (tertiary/aromatic N) is 1.